The van der Waals surface area contributed by atoms with Crippen LogP contribution in [0.2, 0.25) is 0 Å². The van der Waals surface area contributed by atoms with Crippen LogP contribution in [0.25, 0.3) is 0 Å². The number of anilines is 1. The molecule has 1 heterocycles. The number of hydrogen-bond acceptors (Lipinski definition) is 4. The van der Waals surface area contributed by atoms with Crippen LogP contribution in [-0.2, 0) is 0 Å². The summed E-state index contributed by atoms with van der Waals surface area (Å²) < 4.78 is 0. The number of nitrogens with zero attached hydrogens (tertiary/aromatic N) is 1. The zero-order chi connectivity index (χ0) is 15.9. The highest BCUT2D eigenvalue weighted by Crippen LogP contribution is 2.22. The standard InChI is InChI=1S/C10H13NO2.C7H6O2/c12-9-3-1-8(2-4-9)11-6-5-10(13)7-11;8-7(9)6-4-2-1-3-5-6/h1-4,10,12-13H,5-7H2;1-5H,(H,8,9). The van der Waals surface area contributed by atoms with Crippen molar-refractivity contribution in [2.45, 2.75) is 12.5 Å². The average molecular weight is 301 g/mol. The zero-order valence-electron chi connectivity index (χ0n) is 12.1. The predicted octanol–water partition coefficient (Wildman–Crippen LogP) is 2.35. The van der Waals surface area contributed by atoms with Gasteiger partial charge in [-0.05, 0) is 42.8 Å². The van der Waals surface area contributed by atoms with Gasteiger partial charge >= 0.3 is 5.97 Å². The third-order valence-electron chi connectivity index (χ3n) is 3.40. The van der Waals surface area contributed by atoms with Crippen molar-refractivity contribution >= 4 is 11.7 Å². The van der Waals surface area contributed by atoms with E-state index in [1.165, 1.54) is 0 Å². The molecule has 0 aliphatic carbocycles. The van der Waals surface area contributed by atoms with Crippen molar-refractivity contribution in [3.05, 3.63) is 60.2 Å². The summed E-state index contributed by atoms with van der Waals surface area (Å²) in [6.07, 6.45) is 0.634. The summed E-state index contributed by atoms with van der Waals surface area (Å²) in [5, 5.41) is 26.8. The first-order chi connectivity index (χ1) is 10.6. The molecule has 2 aromatic rings. The molecule has 0 spiro atoms. The Labute approximate surface area is 129 Å². The van der Waals surface area contributed by atoms with Gasteiger partial charge < -0.3 is 20.2 Å². The van der Waals surface area contributed by atoms with E-state index < -0.39 is 5.97 Å². The fourth-order valence-corrected chi connectivity index (χ4v) is 2.22. The normalized spacial score (nSPS) is 16.8. The first-order valence-electron chi connectivity index (χ1n) is 7.06. The second kappa shape index (κ2) is 7.47. The number of carbonyl (C=O) groups is 1. The minimum absolute atomic E-state index is 0.200. The minimum Gasteiger partial charge on any atom is -0.508 e. The van der Waals surface area contributed by atoms with E-state index in [2.05, 4.69) is 4.90 Å². The van der Waals surface area contributed by atoms with E-state index in [0.29, 0.717) is 12.1 Å². The average Bonchev–Trinajstić information content (AvgIpc) is 2.96. The highest BCUT2D eigenvalue weighted by Gasteiger charge is 2.19. The van der Waals surface area contributed by atoms with Crippen molar-refractivity contribution in [3.63, 3.8) is 0 Å². The first kappa shape index (κ1) is 15.9. The van der Waals surface area contributed by atoms with E-state index in [4.69, 9.17) is 10.2 Å². The van der Waals surface area contributed by atoms with Crippen molar-refractivity contribution < 1.29 is 20.1 Å². The summed E-state index contributed by atoms with van der Waals surface area (Å²) in [5.74, 6) is -0.598. The van der Waals surface area contributed by atoms with Crippen molar-refractivity contribution in [2.75, 3.05) is 18.0 Å². The molecule has 0 amide bonds. The number of phenolic OH excluding ortho intramolecular Hbond substituents is 1. The van der Waals surface area contributed by atoms with Crippen molar-refractivity contribution in [2.24, 2.45) is 0 Å². The van der Waals surface area contributed by atoms with Crippen molar-refractivity contribution in [1.82, 2.24) is 0 Å². The summed E-state index contributed by atoms with van der Waals surface area (Å²) in [4.78, 5) is 12.3. The van der Waals surface area contributed by atoms with Crippen LogP contribution in [0, 0.1) is 0 Å². The Kier molecular flexibility index (Phi) is 5.38. The molecular formula is C17H19NO4. The smallest absolute Gasteiger partial charge is 0.335 e. The van der Waals surface area contributed by atoms with Gasteiger partial charge in [-0.1, -0.05) is 18.2 Å². The molecule has 1 aliphatic rings. The predicted molar refractivity (Wildman–Crippen MR) is 84.3 cm³/mol. The summed E-state index contributed by atoms with van der Waals surface area (Å²) in [5.41, 5.74) is 1.40. The summed E-state index contributed by atoms with van der Waals surface area (Å²) in [6.45, 7) is 1.59. The van der Waals surface area contributed by atoms with E-state index >= 15 is 0 Å². The number of aromatic carboxylic acids is 1. The van der Waals surface area contributed by atoms with E-state index in [-0.39, 0.29) is 11.9 Å². The molecule has 1 unspecified atom stereocenters. The maximum Gasteiger partial charge on any atom is 0.335 e. The topological polar surface area (TPSA) is 81.0 Å². The zero-order valence-corrected chi connectivity index (χ0v) is 12.1. The lowest BCUT2D eigenvalue weighted by molar-refractivity contribution is 0.0697. The number of rotatable bonds is 2. The Hall–Kier alpha value is -2.53. The first-order valence-corrected chi connectivity index (χ1v) is 7.06. The molecule has 22 heavy (non-hydrogen) atoms. The number of aromatic hydroxyl groups is 1. The third-order valence-corrected chi connectivity index (χ3v) is 3.40. The molecule has 0 saturated carbocycles. The van der Waals surface area contributed by atoms with Crippen LogP contribution in [0.3, 0.4) is 0 Å². The van der Waals surface area contributed by atoms with Gasteiger partial charge in [0.1, 0.15) is 5.75 Å². The summed E-state index contributed by atoms with van der Waals surface area (Å²) >= 11 is 0. The van der Waals surface area contributed by atoms with Crippen LogP contribution in [0.15, 0.2) is 54.6 Å². The maximum atomic E-state index is 10.2. The molecule has 3 rings (SSSR count). The SMILES string of the molecule is O=C(O)c1ccccc1.Oc1ccc(N2CCC(O)C2)cc1. The van der Waals surface area contributed by atoms with Crippen molar-refractivity contribution in [1.29, 1.82) is 0 Å². The van der Waals surface area contributed by atoms with Gasteiger partial charge in [-0.3, -0.25) is 0 Å². The largest absolute Gasteiger partial charge is 0.508 e. The van der Waals surface area contributed by atoms with Gasteiger partial charge in [-0.2, -0.15) is 0 Å². The Morgan fingerprint density at radius 2 is 1.68 bits per heavy atom. The van der Waals surface area contributed by atoms with Crippen molar-refractivity contribution in [3.8, 4) is 5.75 Å². The number of benzene rings is 2. The lowest BCUT2D eigenvalue weighted by atomic mass is 10.2. The highest BCUT2D eigenvalue weighted by atomic mass is 16.4. The maximum absolute atomic E-state index is 10.2. The molecule has 3 N–H and O–H groups in total. The molecule has 5 nitrogen and oxygen atoms in total. The fourth-order valence-electron chi connectivity index (χ4n) is 2.22. The Morgan fingerprint density at radius 3 is 2.14 bits per heavy atom. The molecule has 1 fully saturated rings. The van der Waals surface area contributed by atoms with E-state index in [1.807, 2.05) is 12.1 Å². The van der Waals surface area contributed by atoms with Crippen LogP contribution >= 0.6 is 0 Å². The van der Waals surface area contributed by atoms with Gasteiger partial charge in [0, 0.05) is 18.8 Å². The number of phenols is 1. The van der Waals surface area contributed by atoms with Gasteiger partial charge in [0.05, 0.1) is 11.7 Å². The second-order valence-corrected chi connectivity index (χ2v) is 5.08. The molecule has 1 aliphatic heterocycles. The Balaban J connectivity index is 0.000000172. The molecule has 2 aromatic carbocycles. The molecular weight excluding hydrogens is 282 g/mol. The number of carboxylic acid groups (broad SMARTS) is 1. The molecule has 1 saturated heterocycles. The van der Waals surface area contributed by atoms with E-state index in [0.717, 1.165) is 18.7 Å². The van der Waals surface area contributed by atoms with Gasteiger partial charge in [0.25, 0.3) is 0 Å². The monoisotopic (exact) mass is 301 g/mol. The van der Waals surface area contributed by atoms with E-state index in [1.54, 1.807) is 42.5 Å². The van der Waals surface area contributed by atoms with E-state index in [9.17, 15) is 9.90 Å². The van der Waals surface area contributed by atoms with Gasteiger partial charge in [-0.15, -0.1) is 0 Å². The Bertz CT molecular complexity index is 598. The van der Waals surface area contributed by atoms with Crippen LogP contribution in [0.5, 0.6) is 5.75 Å². The highest BCUT2D eigenvalue weighted by molar-refractivity contribution is 5.87. The quantitative estimate of drug-likeness (QED) is 0.793. The molecule has 116 valence electrons. The van der Waals surface area contributed by atoms with Crippen LogP contribution in [0.1, 0.15) is 16.8 Å². The second-order valence-electron chi connectivity index (χ2n) is 5.08. The number of carboxylic acids is 1. The number of hydrogen-bond donors (Lipinski definition) is 3. The van der Waals surface area contributed by atoms with Crippen LogP contribution in [0.4, 0.5) is 5.69 Å². The van der Waals surface area contributed by atoms with Gasteiger partial charge in [-0.25, -0.2) is 4.79 Å². The third kappa shape index (κ3) is 4.49. The molecule has 5 heteroatoms. The number of aliphatic hydroxyl groups is 1. The Morgan fingerprint density at radius 1 is 1.05 bits per heavy atom. The minimum atomic E-state index is -0.879. The fraction of sp³-hybridized carbons (Fsp3) is 0.235. The molecule has 0 bridgehead atoms. The summed E-state index contributed by atoms with van der Waals surface area (Å²) in [7, 11) is 0. The number of β-amino-alcohol motifs (C(OH)–C–C–N with tert-alkyl or cyclic N) is 1. The molecule has 1 atom stereocenters. The summed E-state index contributed by atoms with van der Waals surface area (Å²) in [6, 6.07) is 15.4. The van der Waals surface area contributed by atoms with Crippen LogP contribution in [-0.4, -0.2) is 40.5 Å². The van der Waals surface area contributed by atoms with Gasteiger partial charge in [0.15, 0.2) is 0 Å². The molecule has 0 radical (unpaired) electrons. The molecule has 0 aromatic heterocycles. The number of aliphatic hydroxyl groups excluding tert-OH is 1. The van der Waals surface area contributed by atoms with Crippen LogP contribution < -0.4 is 4.90 Å². The lowest BCUT2D eigenvalue weighted by Crippen LogP contribution is -2.20. The lowest BCUT2D eigenvalue weighted by Gasteiger charge is -2.17. The van der Waals surface area contributed by atoms with Gasteiger partial charge in [0.2, 0.25) is 0 Å².